The highest BCUT2D eigenvalue weighted by Crippen LogP contribution is 2.36. The Morgan fingerprint density at radius 3 is 2.55 bits per heavy atom. The Morgan fingerprint density at radius 2 is 1.79 bits per heavy atom. The van der Waals surface area contributed by atoms with Gasteiger partial charge in [0.25, 0.3) is 5.91 Å². The molecule has 42 heavy (non-hydrogen) atoms. The molecule has 2 atom stereocenters. The predicted octanol–water partition coefficient (Wildman–Crippen LogP) is 5.70. The molecule has 1 saturated carbocycles. The summed E-state index contributed by atoms with van der Waals surface area (Å²) in [4.78, 5) is 15.9. The second kappa shape index (κ2) is 11.9. The zero-order valence-corrected chi connectivity index (χ0v) is 23.8. The first-order chi connectivity index (χ1) is 20.3. The van der Waals surface area contributed by atoms with E-state index in [4.69, 9.17) is 4.74 Å². The third-order valence-electron chi connectivity index (χ3n) is 8.73. The van der Waals surface area contributed by atoms with Crippen molar-refractivity contribution < 1.29 is 22.7 Å². The molecule has 2 N–H and O–H groups in total. The zero-order valence-electron chi connectivity index (χ0n) is 23.8. The summed E-state index contributed by atoms with van der Waals surface area (Å²) >= 11 is 0. The lowest BCUT2D eigenvalue weighted by molar-refractivity contribution is -0.129. The van der Waals surface area contributed by atoms with Crippen LogP contribution in [-0.4, -0.2) is 42.6 Å². The molecule has 3 aliphatic rings. The highest BCUT2D eigenvalue weighted by Gasteiger charge is 2.44. The summed E-state index contributed by atoms with van der Waals surface area (Å²) < 4.78 is 46.2. The van der Waals surface area contributed by atoms with Crippen molar-refractivity contribution in [2.75, 3.05) is 19.7 Å². The molecule has 2 fully saturated rings. The van der Waals surface area contributed by atoms with Crippen LogP contribution in [0.1, 0.15) is 47.9 Å². The van der Waals surface area contributed by atoms with E-state index < -0.39 is 23.2 Å². The van der Waals surface area contributed by atoms with Gasteiger partial charge in [-0.1, -0.05) is 54.6 Å². The number of fused-ring (bicyclic) bond motifs is 2. The molecule has 220 valence electrons. The number of nitrogens with one attached hydrogen (secondary N) is 2. The molecular formula is C34H36F3N3O2. The molecule has 3 aromatic carbocycles. The monoisotopic (exact) mass is 575 g/mol. The van der Waals surface area contributed by atoms with Crippen LogP contribution in [0, 0.1) is 24.4 Å². The molecule has 1 aliphatic carbocycles. The minimum atomic E-state index is -1.30. The van der Waals surface area contributed by atoms with Gasteiger partial charge in [-0.05, 0) is 73.4 Å². The van der Waals surface area contributed by atoms with E-state index in [2.05, 4.69) is 64.9 Å². The van der Waals surface area contributed by atoms with Crippen LogP contribution in [0.3, 0.4) is 0 Å². The Bertz CT molecular complexity index is 1490. The van der Waals surface area contributed by atoms with Crippen LogP contribution in [0.5, 0.6) is 5.75 Å². The minimum absolute atomic E-state index is 0.0689. The van der Waals surface area contributed by atoms with Crippen LogP contribution in [0.2, 0.25) is 0 Å². The topological polar surface area (TPSA) is 53.6 Å². The van der Waals surface area contributed by atoms with E-state index in [0.29, 0.717) is 38.4 Å². The van der Waals surface area contributed by atoms with Crippen LogP contribution in [0.4, 0.5) is 13.2 Å². The number of benzene rings is 3. The number of hydrogen-bond acceptors (Lipinski definition) is 4. The van der Waals surface area contributed by atoms with Gasteiger partial charge in [0, 0.05) is 31.2 Å². The van der Waals surface area contributed by atoms with Gasteiger partial charge in [0.15, 0.2) is 17.4 Å². The normalized spacial score (nSPS) is 21.5. The molecular weight excluding hydrogens is 539 g/mol. The first kappa shape index (κ1) is 28.5. The molecule has 2 unspecified atom stereocenters. The van der Waals surface area contributed by atoms with Crippen LogP contribution < -0.4 is 15.4 Å². The second-order valence-electron chi connectivity index (χ2n) is 11.7. The average molecular weight is 576 g/mol. The lowest BCUT2D eigenvalue weighted by Gasteiger charge is -2.47. The fourth-order valence-electron chi connectivity index (χ4n) is 6.12. The summed E-state index contributed by atoms with van der Waals surface area (Å²) in [7, 11) is 0. The van der Waals surface area contributed by atoms with E-state index in [-0.39, 0.29) is 24.1 Å². The maximum atomic E-state index is 13.9. The van der Waals surface area contributed by atoms with Gasteiger partial charge in [-0.3, -0.25) is 10.1 Å². The Balaban J connectivity index is 1.10. The fourth-order valence-corrected chi connectivity index (χ4v) is 6.12. The van der Waals surface area contributed by atoms with Crippen LogP contribution in [0.25, 0.3) is 0 Å². The molecule has 1 amide bonds. The Labute approximate surface area is 244 Å². The van der Waals surface area contributed by atoms with Crippen molar-refractivity contribution in [3.63, 3.8) is 0 Å². The van der Waals surface area contributed by atoms with Crippen molar-refractivity contribution >= 4 is 5.91 Å². The SMILES string of the molecule is Cc1ccccc1CN(C(=O)C1=CCC2(c3ccc(CCCOc4c(F)ccc(F)c4F)cc3)CNCC1N2)C1CC1. The largest absolute Gasteiger partial charge is 0.488 e. The maximum Gasteiger partial charge on any atom is 0.251 e. The van der Waals surface area contributed by atoms with E-state index in [0.717, 1.165) is 48.2 Å². The number of nitrogens with zero attached hydrogens (tertiary/aromatic N) is 1. The Morgan fingerprint density at radius 1 is 1.02 bits per heavy atom. The number of carbonyl (C=O) groups is 1. The zero-order chi connectivity index (χ0) is 29.3. The van der Waals surface area contributed by atoms with Gasteiger partial charge in [0.05, 0.1) is 18.2 Å². The summed E-state index contributed by atoms with van der Waals surface area (Å²) in [5.74, 6) is -3.89. The summed E-state index contributed by atoms with van der Waals surface area (Å²) in [5, 5.41) is 7.37. The second-order valence-corrected chi connectivity index (χ2v) is 11.7. The highest BCUT2D eigenvalue weighted by molar-refractivity contribution is 5.95. The van der Waals surface area contributed by atoms with E-state index in [1.807, 2.05) is 12.1 Å². The van der Waals surface area contributed by atoms with Crippen molar-refractivity contribution in [3.05, 3.63) is 112 Å². The number of ether oxygens (including phenoxy) is 1. The highest BCUT2D eigenvalue weighted by atomic mass is 19.2. The van der Waals surface area contributed by atoms with Gasteiger partial charge in [-0.2, -0.15) is 4.39 Å². The molecule has 8 heteroatoms. The first-order valence-corrected chi connectivity index (χ1v) is 14.7. The Kier molecular flexibility index (Phi) is 8.10. The van der Waals surface area contributed by atoms with Crippen LogP contribution in [-0.2, 0) is 23.3 Å². The van der Waals surface area contributed by atoms with Crippen molar-refractivity contribution in [2.24, 2.45) is 0 Å². The van der Waals surface area contributed by atoms with E-state index >= 15 is 0 Å². The summed E-state index contributed by atoms with van der Waals surface area (Å²) in [6.07, 6.45) is 6.14. The number of hydrogen-bond donors (Lipinski definition) is 2. The molecule has 2 aliphatic heterocycles. The average Bonchev–Trinajstić information content (AvgIpc) is 3.84. The van der Waals surface area contributed by atoms with Gasteiger partial charge < -0.3 is 15.0 Å². The van der Waals surface area contributed by atoms with Gasteiger partial charge in [0.2, 0.25) is 5.82 Å². The van der Waals surface area contributed by atoms with Gasteiger partial charge in [-0.15, -0.1) is 0 Å². The number of aryl methyl sites for hydroxylation is 2. The molecule has 0 spiro atoms. The molecule has 5 nitrogen and oxygen atoms in total. The smallest absolute Gasteiger partial charge is 0.251 e. The maximum absolute atomic E-state index is 13.9. The number of amides is 1. The van der Waals surface area contributed by atoms with Crippen LogP contribution >= 0.6 is 0 Å². The molecule has 3 aromatic rings. The number of carbonyl (C=O) groups excluding carboxylic acids is 1. The lowest BCUT2D eigenvalue weighted by Crippen LogP contribution is -2.65. The van der Waals surface area contributed by atoms with Crippen molar-refractivity contribution in [1.29, 1.82) is 0 Å². The number of halogens is 3. The predicted molar refractivity (Wildman–Crippen MR) is 155 cm³/mol. The number of piperazine rings is 1. The quantitative estimate of drug-likeness (QED) is 0.241. The summed E-state index contributed by atoms with van der Waals surface area (Å²) in [6, 6.07) is 18.4. The third kappa shape index (κ3) is 5.83. The van der Waals surface area contributed by atoms with Crippen LogP contribution in [0.15, 0.2) is 72.3 Å². The first-order valence-electron chi connectivity index (χ1n) is 14.7. The lowest BCUT2D eigenvalue weighted by atomic mass is 9.78. The van der Waals surface area contributed by atoms with Crippen molar-refractivity contribution in [3.8, 4) is 5.75 Å². The van der Waals surface area contributed by atoms with E-state index in [9.17, 15) is 18.0 Å². The molecule has 1 saturated heterocycles. The Hall–Kier alpha value is -3.62. The summed E-state index contributed by atoms with van der Waals surface area (Å²) in [6.45, 7) is 4.26. The third-order valence-corrected chi connectivity index (χ3v) is 8.73. The molecule has 2 heterocycles. The molecule has 0 aromatic heterocycles. The molecule has 6 rings (SSSR count). The summed E-state index contributed by atoms with van der Waals surface area (Å²) in [5.41, 5.74) is 5.15. The standard InChI is InChI=1S/C34H36F3N3O2/c1-22-5-2-3-7-24(22)20-40(26-12-13-26)33(41)27-16-17-34(21-38-19-30(27)39-34)25-10-8-23(9-11-25)6-4-18-42-32-29(36)15-14-28(35)31(32)37/h2-3,5,7-11,14-16,26,30,38-39H,4,6,12-13,17-21H2,1H3. The number of rotatable bonds is 10. The van der Waals surface area contributed by atoms with E-state index in [1.165, 1.54) is 11.1 Å². The van der Waals surface area contributed by atoms with Gasteiger partial charge in [0.1, 0.15) is 0 Å². The molecule has 0 radical (unpaired) electrons. The van der Waals surface area contributed by atoms with Gasteiger partial charge >= 0.3 is 0 Å². The fraction of sp³-hybridized carbons (Fsp3) is 0.382. The van der Waals surface area contributed by atoms with E-state index in [1.54, 1.807) is 0 Å². The van der Waals surface area contributed by atoms with Crippen molar-refractivity contribution in [2.45, 2.75) is 63.2 Å². The molecule has 2 bridgehead atoms. The minimum Gasteiger partial charge on any atom is -0.488 e. The van der Waals surface area contributed by atoms with Crippen molar-refractivity contribution in [1.82, 2.24) is 15.5 Å². The van der Waals surface area contributed by atoms with Gasteiger partial charge in [-0.25, -0.2) is 8.78 Å².